The highest BCUT2D eigenvalue weighted by Crippen LogP contribution is 2.28. The first-order valence-corrected chi connectivity index (χ1v) is 11.8. The highest BCUT2D eigenvalue weighted by atomic mass is 16.6. The van der Waals surface area contributed by atoms with Crippen LogP contribution in [0.15, 0.2) is 12.4 Å². The van der Waals surface area contributed by atoms with E-state index < -0.39 is 5.60 Å². The second kappa shape index (κ2) is 10.1. The molecule has 0 radical (unpaired) electrons. The van der Waals surface area contributed by atoms with E-state index in [0.29, 0.717) is 13.1 Å². The first-order chi connectivity index (χ1) is 15.1. The van der Waals surface area contributed by atoms with Gasteiger partial charge in [-0.25, -0.2) is 14.8 Å². The zero-order valence-electron chi connectivity index (χ0n) is 20.4. The van der Waals surface area contributed by atoms with Gasteiger partial charge in [-0.2, -0.15) is 0 Å². The molecule has 2 aromatic rings. The number of anilines is 1. The minimum absolute atomic E-state index is 0.158. The predicted molar refractivity (Wildman–Crippen MR) is 127 cm³/mol. The van der Waals surface area contributed by atoms with Crippen molar-refractivity contribution in [3.63, 3.8) is 0 Å². The zero-order valence-corrected chi connectivity index (χ0v) is 20.4. The minimum atomic E-state index is -0.481. The SMILES string of the molecule is CC[C@H](CO)Cc1cc(NC2CCN(C(=O)OC(C)(C)C)CC2)c2ncn(C(C)C)c2n1. The van der Waals surface area contributed by atoms with Gasteiger partial charge in [-0.1, -0.05) is 13.3 Å². The van der Waals surface area contributed by atoms with Crippen molar-refractivity contribution in [2.75, 3.05) is 25.0 Å². The second-order valence-corrected chi connectivity index (χ2v) is 10.1. The van der Waals surface area contributed by atoms with Gasteiger partial charge in [0.2, 0.25) is 0 Å². The van der Waals surface area contributed by atoms with E-state index >= 15 is 0 Å². The molecule has 0 aromatic carbocycles. The van der Waals surface area contributed by atoms with Crippen molar-refractivity contribution in [2.24, 2.45) is 5.92 Å². The summed E-state index contributed by atoms with van der Waals surface area (Å²) >= 11 is 0. The maximum atomic E-state index is 12.4. The molecular weight excluding hydrogens is 406 g/mol. The summed E-state index contributed by atoms with van der Waals surface area (Å²) < 4.78 is 7.60. The molecule has 2 aromatic heterocycles. The number of aliphatic hydroxyl groups excluding tert-OH is 1. The van der Waals surface area contributed by atoms with E-state index in [-0.39, 0.29) is 30.7 Å². The minimum Gasteiger partial charge on any atom is -0.444 e. The molecule has 0 unspecified atom stereocenters. The van der Waals surface area contributed by atoms with Gasteiger partial charge in [0.1, 0.15) is 11.1 Å². The van der Waals surface area contributed by atoms with Crippen LogP contribution in [0.2, 0.25) is 0 Å². The zero-order chi connectivity index (χ0) is 23.5. The lowest BCUT2D eigenvalue weighted by Gasteiger charge is -2.34. The van der Waals surface area contributed by atoms with Gasteiger partial charge >= 0.3 is 6.09 Å². The van der Waals surface area contributed by atoms with Crippen LogP contribution in [0, 0.1) is 5.92 Å². The summed E-state index contributed by atoms with van der Waals surface area (Å²) in [5.74, 6) is 0.195. The molecule has 0 aliphatic carbocycles. The molecule has 0 saturated carbocycles. The van der Waals surface area contributed by atoms with Gasteiger partial charge in [0.25, 0.3) is 0 Å². The number of carbonyl (C=O) groups excluding carboxylic acids is 1. The Bertz CT molecular complexity index is 906. The van der Waals surface area contributed by atoms with Gasteiger partial charge < -0.3 is 24.6 Å². The number of ether oxygens (including phenoxy) is 1. The summed E-state index contributed by atoms with van der Waals surface area (Å²) in [6.07, 6.45) is 4.94. The maximum Gasteiger partial charge on any atom is 0.410 e. The highest BCUT2D eigenvalue weighted by Gasteiger charge is 2.27. The lowest BCUT2D eigenvalue weighted by atomic mass is 10.0. The average Bonchev–Trinajstić information content (AvgIpc) is 3.16. The van der Waals surface area contributed by atoms with Crippen molar-refractivity contribution >= 4 is 22.9 Å². The number of likely N-dealkylation sites (tertiary alicyclic amines) is 1. The van der Waals surface area contributed by atoms with Crippen LogP contribution in [0.25, 0.3) is 11.2 Å². The molecule has 1 saturated heterocycles. The number of nitrogens with one attached hydrogen (secondary N) is 1. The number of hydrogen-bond acceptors (Lipinski definition) is 6. The monoisotopic (exact) mass is 445 g/mol. The van der Waals surface area contributed by atoms with E-state index in [1.54, 1.807) is 4.90 Å². The summed E-state index contributed by atoms with van der Waals surface area (Å²) in [6.45, 7) is 13.5. The van der Waals surface area contributed by atoms with Crippen LogP contribution in [0.5, 0.6) is 0 Å². The van der Waals surface area contributed by atoms with Crippen LogP contribution in [0.1, 0.15) is 72.5 Å². The summed E-state index contributed by atoms with van der Waals surface area (Å²) in [4.78, 5) is 23.7. The van der Waals surface area contributed by atoms with Crippen molar-refractivity contribution < 1.29 is 14.6 Å². The Labute approximate surface area is 191 Å². The largest absolute Gasteiger partial charge is 0.444 e. The van der Waals surface area contributed by atoms with Crippen LogP contribution in [0.4, 0.5) is 10.5 Å². The van der Waals surface area contributed by atoms with Crippen LogP contribution in [-0.4, -0.2) is 62.0 Å². The van der Waals surface area contributed by atoms with Crippen molar-refractivity contribution in [3.8, 4) is 0 Å². The Hall–Kier alpha value is -2.35. The normalized spacial score (nSPS) is 16.6. The Morgan fingerprint density at radius 1 is 1.31 bits per heavy atom. The number of imidazole rings is 1. The average molecular weight is 446 g/mol. The smallest absolute Gasteiger partial charge is 0.410 e. The topological polar surface area (TPSA) is 92.5 Å². The van der Waals surface area contributed by atoms with Crippen molar-refractivity contribution in [1.29, 1.82) is 0 Å². The van der Waals surface area contributed by atoms with E-state index in [1.165, 1.54) is 0 Å². The first-order valence-electron chi connectivity index (χ1n) is 11.8. The van der Waals surface area contributed by atoms with Crippen LogP contribution in [-0.2, 0) is 11.2 Å². The fraction of sp³-hybridized carbons (Fsp3) is 0.708. The Morgan fingerprint density at radius 3 is 2.56 bits per heavy atom. The molecule has 178 valence electrons. The number of amides is 1. The number of aromatic nitrogens is 3. The summed E-state index contributed by atoms with van der Waals surface area (Å²) in [6, 6.07) is 2.59. The molecule has 1 aliphatic rings. The number of hydrogen-bond donors (Lipinski definition) is 2. The number of fused-ring (bicyclic) bond motifs is 1. The molecule has 8 heteroatoms. The molecule has 2 N–H and O–H groups in total. The van der Waals surface area contributed by atoms with E-state index in [1.807, 2.05) is 27.1 Å². The van der Waals surface area contributed by atoms with Crippen LogP contribution >= 0.6 is 0 Å². The van der Waals surface area contributed by atoms with Gasteiger partial charge in [-0.15, -0.1) is 0 Å². The highest BCUT2D eigenvalue weighted by molar-refractivity contribution is 5.86. The molecule has 8 nitrogen and oxygen atoms in total. The lowest BCUT2D eigenvalue weighted by Crippen LogP contribution is -2.44. The predicted octanol–water partition coefficient (Wildman–Crippen LogP) is 4.38. The standard InChI is InChI=1S/C24H39N5O3/c1-7-17(14-30)12-19-13-20(21-22(27-19)29(15-25-21)16(2)3)26-18-8-10-28(11-9-18)23(31)32-24(4,5)6/h13,15-18,30H,7-12,14H2,1-6H3,(H,26,27)/t17-/m0/s1. The molecule has 1 aliphatic heterocycles. The third kappa shape index (κ3) is 5.91. The fourth-order valence-electron chi connectivity index (χ4n) is 4.04. The maximum absolute atomic E-state index is 12.4. The van der Waals surface area contributed by atoms with E-state index in [4.69, 9.17) is 9.72 Å². The number of rotatable bonds is 7. The number of aliphatic hydroxyl groups is 1. The third-order valence-electron chi connectivity index (χ3n) is 5.98. The summed E-state index contributed by atoms with van der Waals surface area (Å²) in [5, 5.41) is 13.3. The molecule has 1 fully saturated rings. The van der Waals surface area contributed by atoms with Crippen LogP contribution < -0.4 is 5.32 Å². The van der Waals surface area contributed by atoms with Gasteiger partial charge in [0.15, 0.2) is 5.65 Å². The lowest BCUT2D eigenvalue weighted by molar-refractivity contribution is 0.0210. The number of nitrogens with zero attached hydrogens (tertiary/aromatic N) is 4. The summed E-state index contributed by atoms with van der Waals surface area (Å²) in [7, 11) is 0. The second-order valence-electron chi connectivity index (χ2n) is 10.1. The fourth-order valence-corrected chi connectivity index (χ4v) is 4.04. The molecular formula is C24H39N5O3. The van der Waals surface area contributed by atoms with E-state index in [0.717, 1.165) is 48.2 Å². The molecule has 1 atom stereocenters. The molecule has 0 bridgehead atoms. The first kappa shape index (κ1) is 24.3. The van der Waals surface area contributed by atoms with Gasteiger partial charge in [0, 0.05) is 37.5 Å². The Kier molecular flexibility index (Phi) is 7.64. The molecule has 3 rings (SSSR count). The number of carbonyl (C=O) groups is 1. The number of piperidine rings is 1. The van der Waals surface area contributed by atoms with Crippen LogP contribution in [0.3, 0.4) is 0 Å². The van der Waals surface area contributed by atoms with E-state index in [9.17, 15) is 9.90 Å². The third-order valence-corrected chi connectivity index (χ3v) is 5.98. The van der Waals surface area contributed by atoms with E-state index in [2.05, 4.69) is 41.7 Å². The number of pyridine rings is 1. The van der Waals surface area contributed by atoms with Gasteiger partial charge in [0.05, 0.1) is 12.0 Å². The molecule has 32 heavy (non-hydrogen) atoms. The Morgan fingerprint density at radius 2 is 2.00 bits per heavy atom. The molecule has 1 amide bonds. The van der Waals surface area contributed by atoms with Gasteiger partial charge in [-0.3, -0.25) is 0 Å². The van der Waals surface area contributed by atoms with Crippen molar-refractivity contribution in [2.45, 2.75) is 84.9 Å². The molecule has 0 spiro atoms. The van der Waals surface area contributed by atoms with Crippen molar-refractivity contribution in [3.05, 3.63) is 18.1 Å². The quantitative estimate of drug-likeness (QED) is 0.657. The van der Waals surface area contributed by atoms with Crippen molar-refractivity contribution in [1.82, 2.24) is 19.4 Å². The molecule has 3 heterocycles. The Balaban J connectivity index is 1.77. The summed E-state index contributed by atoms with van der Waals surface area (Å²) in [5.41, 5.74) is 3.21. The van der Waals surface area contributed by atoms with Gasteiger partial charge in [-0.05, 0) is 65.9 Å².